The predicted octanol–water partition coefficient (Wildman–Crippen LogP) is 3.94. The van der Waals surface area contributed by atoms with Crippen LogP contribution in [0.3, 0.4) is 0 Å². The average molecular weight is 423 g/mol. The van der Waals surface area contributed by atoms with Gasteiger partial charge in [-0.25, -0.2) is 0 Å². The molecule has 1 atom stereocenters. The van der Waals surface area contributed by atoms with Crippen molar-refractivity contribution in [1.29, 1.82) is 0 Å². The van der Waals surface area contributed by atoms with Gasteiger partial charge in [0, 0.05) is 11.4 Å². The van der Waals surface area contributed by atoms with Crippen LogP contribution in [0.5, 0.6) is 0 Å². The van der Waals surface area contributed by atoms with Crippen molar-refractivity contribution in [2.24, 2.45) is 0 Å². The molecule has 0 fully saturated rings. The average Bonchev–Trinajstić information content (AvgIpc) is 3.28. The van der Waals surface area contributed by atoms with Crippen molar-refractivity contribution in [2.45, 2.75) is 19.5 Å². The summed E-state index contributed by atoms with van der Waals surface area (Å²) in [5.74, 6) is -0.513. The summed E-state index contributed by atoms with van der Waals surface area (Å²) in [7, 11) is 1.35. The molecular formula is C24H26N2O3S. The highest BCUT2D eigenvalue weighted by Gasteiger charge is 2.21. The highest BCUT2D eigenvalue weighted by molar-refractivity contribution is 7.10. The summed E-state index contributed by atoms with van der Waals surface area (Å²) < 4.78 is 4.81. The third kappa shape index (κ3) is 6.27. The fraction of sp³-hybridized carbons (Fsp3) is 0.250. The van der Waals surface area contributed by atoms with Crippen molar-refractivity contribution in [2.75, 3.05) is 20.2 Å². The minimum absolute atomic E-state index is 0.0486. The van der Waals surface area contributed by atoms with Crippen molar-refractivity contribution in [3.63, 3.8) is 0 Å². The van der Waals surface area contributed by atoms with Crippen LogP contribution < -0.4 is 5.32 Å². The number of carbonyl (C=O) groups excluding carboxylic acids is 2. The first-order valence-electron chi connectivity index (χ1n) is 9.77. The van der Waals surface area contributed by atoms with Gasteiger partial charge in [-0.2, -0.15) is 0 Å². The van der Waals surface area contributed by atoms with E-state index in [9.17, 15) is 9.59 Å². The first kappa shape index (κ1) is 21.7. The Kier molecular flexibility index (Phi) is 7.76. The Bertz CT molecular complexity index is 940. The highest BCUT2D eigenvalue weighted by Crippen LogP contribution is 2.26. The molecule has 156 valence electrons. The van der Waals surface area contributed by atoms with Crippen LogP contribution in [-0.2, 0) is 20.9 Å². The lowest BCUT2D eigenvalue weighted by atomic mass is 10.0. The Balaban J connectivity index is 1.74. The van der Waals surface area contributed by atoms with Gasteiger partial charge in [-0.05, 0) is 29.5 Å². The summed E-state index contributed by atoms with van der Waals surface area (Å²) in [6.45, 7) is 2.67. The molecule has 0 aliphatic rings. The molecular weight excluding hydrogens is 396 g/mol. The first-order valence-corrected chi connectivity index (χ1v) is 10.7. The van der Waals surface area contributed by atoms with E-state index in [0.29, 0.717) is 6.54 Å². The molecule has 0 saturated carbocycles. The normalized spacial score (nSPS) is 11.8. The Hall–Kier alpha value is -2.96. The monoisotopic (exact) mass is 422 g/mol. The molecule has 0 aliphatic carbocycles. The van der Waals surface area contributed by atoms with Gasteiger partial charge in [0.1, 0.15) is 0 Å². The van der Waals surface area contributed by atoms with E-state index >= 15 is 0 Å². The second kappa shape index (κ2) is 10.7. The molecule has 6 heteroatoms. The second-order valence-electron chi connectivity index (χ2n) is 7.13. The number of carbonyl (C=O) groups is 2. The zero-order chi connectivity index (χ0) is 21.3. The van der Waals surface area contributed by atoms with Crippen molar-refractivity contribution in [1.82, 2.24) is 10.2 Å². The van der Waals surface area contributed by atoms with Gasteiger partial charge in [0.05, 0.1) is 26.2 Å². The van der Waals surface area contributed by atoms with Crippen LogP contribution in [0.25, 0.3) is 0 Å². The molecule has 0 aliphatic heterocycles. The Labute approximate surface area is 181 Å². The number of ether oxygens (including phenoxy) is 1. The van der Waals surface area contributed by atoms with Crippen LogP contribution in [0.1, 0.15) is 27.6 Å². The van der Waals surface area contributed by atoms with Gasteiger partial charge in [-0.3, -0.25) is 14.5 Å². The van der Waals surface area contributed by atoms with Crippen molar-refractivity contribution in [3.05, 3.63) is 93.7 Å². The fourth-order valence-corrected chi connectivity index (χ4v) is 4.00. The van der Waals surface area contributed by atoms with Gasteiger partial charge in [0.25, 0.3) is 0 Å². The van der Waals surface area contributed by atoms with Crippen molar-refractivity contribution >= 4 is 23.2 Å². The third-order valence-corrected chi connectivity index (χ3v) is 5.68. The molecule has 0 spiro atoms. The number of benzene rings is 2. The molecule has 1 heterocycles. The van der Waals surface area contributed by atoms with Crippen LogP contribution in [0.4, 0.5) is 0 Å². The maximum Gasteiger partial charge on any atom is 0.319 e. The molecule has 2 aromatic carbocycles. The number of aryl methyl sites for hydroxylation is 1. The van der Waals surface area contributed by atoms with Gasteiger partial charge in [0.2, 0.25) is 5.91 Å². The standard InChI is InChI=1S/C24H26N2O3S/c1-18-10-12-20(13-11-18)24(21-9-6-14-30-21)25-22(27)16-26(17-23(28)29-2)15-19-7-4-3-5-8-19/h3-14,24H,15-17H2,1-2H3,(H,25,27). The minimum atomic E-state index is -0.368. The van der Waals surface area contributed by atoms with Crippen LogP contribution in [0.2, 0.25) is 0 Å². The molecule has 0 bridgehead atoms. The van der Waals surface area contributed by atoms with Crippen LogP contribution in [-0.4, -0.2) is 37.0 Å². The number of esters is 1. The number of methoxy groups -OCH3 is 1. The topological polar surface area (TPSA) is 58.6 Å². The zero-order valence-electron chi connectivity index (χ0n) is 17.2. The van der Waals surface area contributed by atoms with Crippen molar-refractivity contribution in [3.8, 4) is 0 Å². The first-order chi connectivity index (χ1) is 14.5. The van der Waals surface area contributed by atoms with Gasteiger partial charge < -0.3 is 10.1 Å². The molecule has 3 aromatic rings. The molecule has 0 saturated heterocycles. The van der Waals surface area contributed by atoms with Crippen LogP contribution in [0, 0.1) is 6.92 Å². The quantitative estimate of drug-likeness (QED) is 0.531. The molecule has 0 radical (unpaired) electrons. The van der Waals surface area contributed by atoms with E-state index in [2.05, 4.69) is 5.32 Å². The largest absolute Gasteiger partial charge is 0.468 e. The van der Waals surface area contributed by atoms with E-state index < -0.39 is 0 Å². The van der Waals surface area contributed by atoms with Gasteiger partial charge in [-0.15, -0.1) is 11.3 Å². The van der Waals surface area contributed by atoms with Gasteiger partial charge in [-0.1, -0.05) is 66.2 Å². The summed E-state index contributed by atoms with van der Waals surface area (Å²) in [6.07, 6.45) is 0. The van der Waals surface area contributed by atoms with E-state index in [1.807, 2.05) is 79.0 Å². The van der Waals surface area contributed by atoms with Crippen molar-refractivity contribution < 1.29 is 14.3 Å². The lowest BCUT2D eigenvalue weighted by Crippen LogP contribution is -2.41. The summed E-state index contributed by atoms with van der Waals surface area (Å²) in [5, 5.41) is 5.14. The SMILES string of the molecule is COC(=O)CN(CC(=O)NC(c1ccc(C)cc1)c1cccs1)Cc1ccccc1. The van der Waals surface area contributed by atoms with E-state index in [-0.39, 0.29) is 31.0 Å². The summed E-state index contributed by atoms with van der Waals surface area (Å²) in [6, 6.07) is 21.7. The maximum absolute atomic E-state index is 13.0. The minimum Gasteiger partial charge on any atom is -0.468 e. The lowest BCUT2D eigenvalue weighted by molar-refractivity contribution is -0.142. The third-order valence-electron chi connectivity index (χ3n) is 4.74. The van der Waals surface area contributed by atoms with E-state index in [1.54, 1.807) is 16.2 Å². The Morgan fingerprint density at radius 2 is 1.73 bits per heavy atom. The van der Waals surface area contributed by atoms with Gasteiger partial charge in [0.15, 0.2) is 0 Å². The molecule has 30 heavy (non-hydrogen) atoms. The van der Waals surface area contributed by atoms with Crippen LogP contribution in [0.15, 0.2) is 72.1 Å². The Morgan fingerprint density at radius 3 is 2.37 bits per heavy atom. The Morgan fingerprint density at radius 1 is 1.00 bits per heavy atom. The number of amides is 1. The number of hydrogen-bond donors (Lipinski definition) is 1. The second-order valence-corrected chi connectivity index (χ2v) is 8.11. The number of nitrogens with zero attached hydrogens (tertiary/aromatic N) is 1. The lowest BCUT2D eigenvalue weighted by Gasteiger charge is -2.23. The molecule has 1 unspecified atom stereocenters. The predicted molar refractivity (Wildman–Crippen MR) is 119 cm³/mol. The molecule has 1 aromatic heterocycles. The molecule has 5 nitrogen and oxygen atoms in total. The number of hydrogen-bond acceptors (Lipinski definition) is 5. The zero-order valence-corrected chi connectivity index (χ0v) is 18.0. The number of nitrogens with one attached hydrogen (secondary N) is 1. The van der Waals surface area contributed by atoms with E-state index in [1.165, 1.54) is 12.7 Å². The fourth-order valence-electron chi connectivity index (χ4n) is 3.20. The van der Waals surface area contributed by atoms with E-state index in [4.69, 9.17) is 4.74 Å². The maximum atomic E-state index is 13.0. The summed E-state index contributed by atoms with van der Waals surface area (Å²) in [4.78, 5) is 27.7. The molecule has 3 rings (SSSR count). The van der Waals surface area contributed by atoms with E-state index in [0.717, 1.165) is 16.0 Å². The van der Waals surface area contributed by atoms with Crippen LogP contribution >= 0.6 is 11.3 Å². The summed E-state index contributed by atoms with van der Waals surface area (Å²) >= 11 is 1.61. The highest BCUT2D eigenvalue weighted by atomic mass is 32.1. The molecule has 1 amide bonds. The van der Waals surface area contributed by atoms with Gasteiger partial charge >= 0.3 is 5.97 Å². The number of rotatable bonds is 9. The number of thiophene rings is 1. The summed E-state index contributed by atoms with van der Waals surface area (Å²) in [5.41, 5.74) is 3.23. The molecule has 1 N–H and O–H groups in total. The smallest absolute Gasteiger partial charge is 0.319 e.